The van der Waals surface area contributed by atoms with E-state index in [2.05, 4.69) is 0 Å². The van der Waals surface area contributed by atoms with Gasteiger partial charge in [-0.25, -0.2) is 0 Å². The zero-order chi connectivity index (χ0) is 13.5. The molecular weight excluding hydrogens is 256 g/mol. The molecule has 0 saturated carbocycles. The van der Waals surface area contributed by atoms with E-state index in [9.17, 15) is 14.4 Å². The molecule has 6 nitrogen and oxygen atoms in total. The smallest absolute Gasteiger partial charge is 0.323 e. The Morgan fingerprint density at radius 2 is 2.06 bits per heavy atom. The molecule has 1 saturated heterocycles. The Bertz CT molecular complexity index is 319. The number of rotatable bonds is 7. The van der Waals surface area contributed by atoms with Crippen molar-refractivity contribution in [3.05, 3.63) is 0 Å². The van der Waals surface area contributed by atoms with Crippen LogP contribution in [0.1, 0.15) is 19.8 Å². The number of carbonyl (C=O) groups is 3. The maximum Gasteiger partial charge on any atom is 0.323 e. The molecule has 1 rings (SSSR count). The van der Waals surface area contributed by atoms with Crippen LogP contribution >= 0.6 is 11.8 Å². The fourth-order valence-corrected chi connectivity index (χ4v) is 2.42. The Kier molecular flexibility index (Phi) is 6.14. The van der Waals surface area contributed by atoms with Gasteiger partial charge in [0.2, 0.25) is 11.8 Å². The van der Waals surface area contributed by atoms with Crippen LogP contribution in [0, 0.1) is 0 Å². The third-order valence-electron chi connectivity index (χ3n) is 2.50. The van der Waals surface area contributed by atoms with Gasteiger partial charge in [0.05, 0.1) is 6.61 Å². The number of nitrogens with zero attached hydrogens (tertiary/aromatic N) is 1. The summed E-state index contributed by atoms with van der Waals surface area (Å²) in [7, 11) is 0. The van der Waals surface area contributed by atoms with Gasteiger partial charge in [0.15, 0.2) is 0 Å². The van der Waals surface area contributed by atoms with Crippen molar-refractivity contribution >= 4 is 29.5 Å². The van der Waals surface area contributed by atoms with Gasteiger partial charge in [-0.15, -0.1) is 0 Å². The normalized spacial score (nSPS) is 17.1. The van der Waals surface area contributed by atoms with Crippen molar-refractivity contribution in [3.8, 4) is 0 Å². The largest absolute Gasteiger partial charge is 0.465 e. The van der Waals surface area contributed by atoms with E-state index in [1.807, 2.05) is 0 Å². The molecule has 1 fully saturated rings. The Balaban J connectivity index is 2.17. The van der Waals surface area contributed by atoms with E-state index in [1.165, 1.54) is 16.7 Å². The lowest BCUT2D eigenvalue weighted by atomic mass is 10.4. The second-order valence-electron chi connectivity index (χ2n) is 3.87. The number of thioether (sulfide) groups is 1. The van der Waals surface area contributed by atoms with E-state index in [4.69, 9.17) is 10.5 Å². The minimum Gasteiger partial charge on any atom is -0.465 e. The Morgan fingerprint density at radius 3 is 2.61 bits per heavy atom. The summed E-state index contributed by atoms with van der Waals surface area (Å²) in [5, 5.41) is 0. The number of likely N-dealkylation sites (tertiary alicyclic amines) is 1. The molecular formula is C11H18N2O4S. The quantitative estimate of drug-likeness (QED) is 0.391. The zero-order valence-corrected chi connectivity index (χ0v) is 11.2. The predicted molar refractivity (Wildman–Crippen MR) is 67.9 cm³/mol. The number of amides is 2. The minimum absolute atomic E-state index is 0.115. The highest BCUT2D eigenvalue weighted by molar-refractivity contribution is 7.99. The molecule has 0 aromatic rings. The average molecular weight is 274 g/mol. The number of hydrogen-bond donors (Lipinski definition) is 1. The summed E-state index contributed by atoms with van der Waals surface area (Å²) in [6.45, 7) is 2.42. The van der Waals surface area contributed by atoms with Crippen LogP contribution in [0.5, 0.6) is 0 Å². The number of carbonyl (C=O) groups excluding carboxylic acids is 3. The topological polar surface area (TPSA) is 89.7 Å². The number of nitrogens with two attached hydrogens (primary N) is 1. The van der Waals surface area contributed by atoms with Gasteiger partial charge < -0.3 is 10.5 Å². The zero-order valence-electron chi connectivity index (χ0n) is 10.4. The standard InChI is InChI=1S/C11H18N2O4S/c1-2-17-11(16)8(12)7-18-6-5-13-9(14)3-4-10(13)15/h8H,2-7,12H2,1H3. The molecule has 1 atom stereocenters. The summed E-state index contributed by atoms with van der Waals surface area (Å²) in [6, 6.07) is -0.653. The van der Waals surface area contributed by atoms with Crippen LogP contribution in [0.25, 0.3) is 0 Å². The Hall–Kier alpha value is -1.08. The lowest BCUT2D eigenvalue weighted by Crippen LogP contribution is -2.35. The summed E-state index contributed by atoms with van der Waals surface area (Å²) in [5.74, 6) is 0.364. The van der Waals surface area contributed by atoms with Crippen molar-refractivity contribution in [2.45, 2.75) is 25.8 Å². The van der Waals surface area contributed by atoms with Crippen LogP contribution in [-0.4, -0.2) is 53.4 Å². The average Bonchev–Trinajstić information content (AvgIpc) is 2.65. The highest BCUT2D eigenvalue weighted by Gasteiger charge is 2.28. The number of esters is 1. The molecule has 0 aliphatic carbocycles. The molecule has 1 unspecified atom stereocenters. The van der Waals surface area contributed by atoms with Gasteiger partial charge in [0, 0.05) is 30.9 Å². The summed E-state index contributed by atoms with van der Waals surface area (Å²) >= 11 is 1.43. The van der Waals surface area contributed by atoms with E-state index in [1.54, 1.807) is 6.92 Å². The van der Waals surface area contributed by atoms with E-state index in [0.717, 1.165) is 0 Å². The van der Waals surface area contributed by atoms with Gasteiger partial charge in [-0.3, -0.25) is 19.3 Å². The maximum atomic E-state index is 11.3. The molecule has 18 heavy (non-hydrogen) atoms. The lowest BCUT2D eigenvalue weighted by molar-refractivity contribution is -0.144. The molecule has 102 valence electrons. The first-order chi connectivity index (χ1) is 8.56. The number of ether oxygens (including phenoxy) is 1. The molecule has 0 spiro atoms. The molecule has 1 aliphatic heterocycles. The molecule has 2 amide bonds. The van der Waals surface area contributed by atoms with Crippen LogP contribution in [0.3, 0.4) is 0 Å². The minimum atomic E-state index is -0.653. The van der Waals surface area contributed by atoms with E-state index in [0.29, 0.717) is 37.5 Å². The lowest BCUT2D eigenvalue weighted by Gasteiger charge is -2.14. The molecule has 2 N–H and O–H groups in total. The highest BCUT2D eigenvalue weighted by Crippen LogP contribution is 2.13. The second-order valence-corrected chi connectivity index (χ2v) is 5.02. The summed E-state index contributed by atoms with van der Waals surface area (Å²) in [6.07, 6.45) is 0.623. The van der Waals surface area contributed by atoms with Crippen molar-refractivity contribution in [1.29, 1.82) is 0 Å². The molecule has 7 heteroatoms. The van der Waals surface area contributed by atoms with Gasteiger partial charge >= 0.3 is 5.97 Å². The van der Waals surface area contributed by atoms with Crippen LogP contribution in [-0.2, 0) is 19.1 Å². The fourth-order valence-electron chi connectivity index (χ4n) is 1.56. The van der Waals surface area contributed by atoms with Gasteiger partial charge in [-0.05, 0) is 6.92 Å². The van der Waals surface area contributed by atoms with Gasteiger partial charge in [-0.1, -0.05) is 0 Å². The summed E-state index contributed by atoms with van der Waals surface area (Å²) in [5.41, 5.74) is 5.61. The van der Waals surface area contributed by atoms with Crippen LogP contribution in [0.15, 0.2) is 0 Å². The molecule has 0 aromatic heterocycles. The Morgan fingerprint density at radius 1 is 1.44 bits per heavy atom. The fraction of sp³-hybridized carbons (Fsp3) is 0.727. The van der Waals surface area contributed by atoms with Crippen molar-refractivity contribution in [3.63, 3.8) is 0 Å². The first-order valence-electron chi connectivity index (χ1n) is 5.89. The summed E-state index contributed by atoms with van der Waals surface area (Å²) < 4.78 is 4.77. The van der Waals surface area contributed by atoms with Crippen LogP contribution in [0.2, 0.25) is 0 Å². The highest BCUT2D eigenvalue weighted by atomic mass is 32.2. The molecule has 0 aromatic carbocycles. The van der Waals surface area contributed by atoms with E-state index < -0.39 is 12.0 Å². The van der Waals surface area contributed by atoms with E-state index in [-0.39, 0.29) is 11.8 Å². The van der Waals surface area contributed by atoms with Crippen LogP contribution in [0.4, 0.5) is 0 Å². The maximum absolute atomic E-state index is 11.3. The first-order valence-corrected chi connectivity index (χ1v) is 7.05. The van der Waals surface area contributed by atoms with Gasteiger partial charge in [0.25, 0.3) is 0 Å². The third-order valence-corrected chi connectivity index (χ3v) is 3.57. The summed E-state index contributed by atoms with van der Waals surface area (Å²) in [4.78, 5) is 35.1. The van der Waals surface area contributed by atoms with Gasteiger partial charge in [0.1, 0.15) is 6.04 Å². The first kappa shape index (κ1) is 15.0. The van der Waals surface area contributed by atoms with Crippen LogP contribution < -0.4 is 5.73 Å². The van der Waals surface area contributed by atoms with Crippen molar-refractivity contribution in [2.24, 2.45) is 5.73 Å². The molecule has 1 aliphatic rings. The SMILES string of the molecule is CCOC(=O)C(N)CSCCN1C(=O)CCC1=O. The number of imide groups is 1. The van der Waals surface area contributed by atoms with Gasteiger partial charge in [-0.2, -0.15) is 11.8 Å². The van der Waals surface area contributed by atoms with E-state index >= 15 is 0 Å². The van der Waals surface area contributed by atoms with Crippen molar-refractivity contribution in [2.75, 3.05) is 24.7 Å². The molecule has 0 radical (unpaired) electrons. The monoisotopic (exact) mass is 274 g/mol. The Labute approximate surface area is 110 Å². The second kappa shape index (κ2) is 7.38. The predicted octanol–water partition coefficient (Wildman–Crippen LogP) is -0.241. The molecule has 0 bridgehead atoms. The van der Waals surface area contributed by atoms with Crippen molar-refractivity contribution in [1.82, 2.24) is 4.90 Å². The van der Waals surface area contributed by atoms with Crippen molar-refractivity contribution < 1.29 is 19.1 Å². The number of hydrogen-bond acceptors (Lipinski definition) is 6. The third kappa shape index (κ3) is 4.30. The molecule has 1 heterocycles.